The van der Waals surface area contributed by atoms with E-state index in [1.54, 1.807) is 56.3 Å². The van der Waals surface area contributed by atoms with Crippen LogP contribution in [0.4, 0.5) is 13.2 Å². The molecular weight excluding hydrogens is 383 g/mol. The molecule has 2 aromatic heterocycles. The van der Waals surface area contributed by atoms with Crippen LogP contribution in [-0.4, -0.2) is 25.5 Å². The van der Waals surface area contributed by atoms with Crippen molar-refractivity contribution in [3.8, 4) is 5.69 Å². The minimum Gasteiger partial charge on any atom is -0.346 e. The van der Waals surface area contributed by atoms with E-state index in [4.69, 9.17) is 0 Å². The smallest absolute Gasteiger partial charge is 0.346 e. The summed E-state index contributed by atoms with van der Waals surface area (Å²) in [6, 6.07) is 4.58. The van der Waals surface area contributed by atoms with Crippen LogP contribution in [0, 0.1) is 6.92 Å². The second kappa shape index (κ2) is 7.94. The number of nitrogens with zero attached hydrogens (tertiary/aromatic N) is 4. The summed E-state index contributed by atoms with van der Waals surface area (Å²) < 4.78 is 42.0. The molecule has 29 heavy (non-hydrogen) atoms. The van der Waals surface area contributed by atoms with E-state index in [1.165, 1.54) is 16.8 Å². The minimum absolute atomic E-state index is 0.299. The van der Waals surface area contributed by atoms with Gasteiger partial charge in [-0.1, -0.05) is 6.07 Å². The lowest BCUT2D eigenvalue weighted by atomic mass is 10.1. The van der Waals surface area contributed by atoms with Gasteiger partial charge in [0.05, 0.1) is 29.7 Å². The second-order valence-electron chi connectivity index (χ2n) is 6.66. The topological polar surface area (TPSA) is 64.7 Å². The third kappa shape index (κ3) is 4.74. The van der Waals surface area contributed by atoms with E-state index < -0.39 is 11.7 Å². The van der Waals surface area contributed by atoms with Crippen molar-refractivity contribution in [2.75, 3.05) is 0 Å². The SMILES string of the molecule is Cc1c(C(C)NC(=O)/C=C/c2cnn(C)c2)cnn1-c1cccc(C(F)(F)F)c1. The van der Waals surface area contributed by atoms with Crippen molar-refractivity contribution < 1.29 is 18.0 Å². The van der Waals surface area contributed by atoms with Gasteiger partial charge < -0.3 is 5.32 Å². The first-order chi connectivity index (χ1) is 13.6. The minimum atomic E-state index is -4.43. The largest absolute Gasteiger partial charge is 0.416 e. The number of benzene rings is 1. The highest BCUT2D eigenvalue weighted by Crippen LogP contribution is 2.31. The van der Waals surface area contributed by atoms with Crippen LogP contribution in [0.25, 0.3) is 11.8 Å². The quantitative estimate of drug-likeness (QED) is 0.659. The molecule has 0 aliphatic heterocycles. The zero-order chi connectivity index (χ0) is 21.2. The fraction of sp³-hybridized carbons (Fsp3) is 0.250. The number of carbonyl (C=O) groups is 1. The predicted molar refractivity (Wildman–Crippen MR) is 102 cm³/mol. The molecule has 1 atom stereocenters. The van der Waals surface area contributed by atoms with Crippen LogP contribution in [0.2, 0.25) is 0 Å². The fourth-order valence-corrected chi connectivity index (χ4v) is 2.96. The summed E-state index contributed by atoms with van der Waals surface area (Å²) in [6.07, 6.45) is 3.58. The predicted octanol–water partition coefficient (Wildman–Crippen LogP) is 3.82. The monoisotopic (exact) mass is 403 g/mol. The Kier molecular flexibility index (Phi) is 5.58. The van der Waals surface area contributed by atoms with Gasteiger partial charge in [-0.2, -0.15) is 23.4 Å². The molecule has 0 radical (unpaired) electrons. The summed E-state index contributed by atoms with van der Waals surface area (Å²) in [5.74, 6) is -0.299. The summed E-state index contributed by atoms with van der Waals surface area (Å²) in [6.45, 7) is 3.53. The van der Waals surface area contributed by atoms with Crippen molar-refractivity contribution in [2.45, 2.75) is 26.1 Å². The number of hydrogen-bond donors (Lipinski definition) is 1. The van der Waals surface area contributed by atoms with Gasteiger partial charge in [0.25, 0.3) is 0 Å². The van der Waals surface area contributed by atoms with Gasteiger partial charge in [-0.15, -0.1) is 0 Å². The van der Waals surface area contributed by atoms with Gasteiger partial charge in [0.1, 0.15) is 0 Å². The number of hydrogen-bond acceptors (Lipinski definition) is 3. The fourth-order valence-electron chi connectivity index (χ4n) is 2.96. The number of nitrogens with one attached hydrogen (secondary N) is 1. The van der Waals surface area contributed by atoms with E-state index in [0.29, 0.717) is 16.9 Å². The van der Waals surface area contributed by atoms with E-state index in [-0.39, 0.29) is 11.9 Å². The average molecular weight is 403 g/mol. The lowest BCUT2D eigenvalue weighted by Gasteiger charge is -2.13. The van der Waals surface area contributed by atoms with Gasteiger partial charge >= 0.3 is 6.18 Å². The second-order valence-corrected chi connectivity index (χ2v) is 6.66. The summed E-state index contributed by atoms with van der Waals surface area (Å²) in [5.41, 5.74) is 1.72. The van der Waals surface area contributed by atoms with Crippen LogP contribution in [0.1, 0.15) is 35.3 Å². The van der Waals surface area contributed by atoms with E-state index in [1.807, 2.05) is 0 Å². The van der Waals surface area contributed by atoms with Gasteiger partial charge in [-0.3, -0.25) is 9.48 Å². The molecule has 1 N–H and O–H groups in total. The maximum absolute atomic E-state index is 13.0. The Labute approximate surface area is 165 Å². The number of halogens is 3. The lowest BCUT2D eigenvalue weighted by Crippen LogP contribution is -2.25. The molecule has 0 fully saturated rings. The van der Waals surface area contributed by atoms with Crippen LogP contribution in [-0.2, 0) is 18.0 Å². The zero-order valence-electron chi connectivity index (χ0n) is 16.1. The standard InChI is InChI=1S/C20H20F3N5O/c1-13(26-19(29)8-7-15-10-24-27(3)12-15)18-11-25-28(14(18)2)17-6-4-5-16(9-17)20(21,22)23/h4-13H,1-3H3,(H,26,29)/b8-7+. The Morgan fingerprint density at radius 1 is 1.24 bits per heavy atom. The van der Waals surface area contributed by atoms with Gasteiger partial charge in [-0.05, 0) is 38.1 Å². The summed E-state index contributed by atoms with van der Waals surface area (Å²) >= 11 is 0. The third-order valence-corrected chi connectivity index (χ3v) is 4.44. The highest BCUT2D eigenvalue weighted by molar-refractivity contribution is 5.91. The van der Waals surface area contributed by atoms with Gasteiger partial charge in [0.2, 0.25) is 5.91 Å². The highest BCUT2D eigenvalue weighted by Gasteiger charge is 2.30. The Balaban J connectivity index is 1.75. The molecule has 2 heterocycles. The van der Waals surface area contributed by atoms with E-state index in [0.717, 1.165) is 17.7 Å². The maximum atomic E-state index is 13.0. The molecule has 152 valence electrons. The molecule has 0 bridgehead atoms. The molecule has 0 saturated carbocycles. The summed E-state index contributed by atoms with van der Waals surface area (Å²) in [5, 5.41) is 11.1. The molecule has 0 aliphatic carbocycles. The molecule has 1 aromatic carbocycles. The zero-order valence-corrected chi connectivity index (χ0v) is 16.1. The number of amides is 1. The molecule has 0 spiro atoms. The molecule has 0 saturated heterocycles. The number of carbonyl (C=O) groups excluding carboxylic acids is 1. The van der Waals surface area contributed by atoms with Crippen LogP contribution in [0.3, 0.4) is 0 Å². The molecule has 1 unspecified atom stereocenters. The normalized spacial score (nSPS) is 13.0. The van der Waals surface area contributed by atoms with Gasteiger partial charge in [0, 0.05) is 36.1 Å². The third-order valence-electron chi connectivity index (χ3n) is 4.44. The van der Waals surface area contributed by atoms with Crippen molar-refractivity contribution in [1.82, 2.24) is 24.9 Å². The number of rotatable bonds is 5. The first kappa shape index (κ1) is 20.4. The van der Waals surface area contributed by atoms with Gasteiger partial charge in [-0.25, -0.2) is 4.68 Å². The first-order valence-corrected chi connectivity index (χ1v) is 8.84. The van der Waals surface area contributed by atoms with Crippen molar-refractivity contribution in [2.24, 2.45) is 7.05 Å². The molecule has 3 rings (SSSR count). The molecule has 9 heteroatoms. The average Bonchev–Trinajstić information content (AvgIpc) is 3.25. The van der Waals surface area contributed by atoms with Gasteiger partial charge in [0.15, 0.2) is 0 Å². The van der Waals surface area contributed by atoms with Crippen LogP contribution in [0.15, 0.2) is 48.9 Å². The lowest BCUT2D eigenvalue weighted by molar-refractivity contribution is -0.137. The maximum Gasteiger partial charge on any atom is 0.416 e. The Morgan fingerprint density at radius 3 is 2.66 bits per heavy atom. The Hall–Kier alpha value is -3.36. The van der Waals surface area contributed by atoms with E-state index in [9.17, 15) is 18.0 Å². The number of aryl methyl sites for hydroxylation is 1. The molecular formula is C20H20F3N5O. The van der Waals surface area contributed by atoms with Crippen molar-refractivity contribution in [3.63, 3.8) is 0 Å². The number of aromatic nitrogens is 4. The first-order valence-electron chi connectivity index (χ1n) is 8.84. The van der Waals surface area contributed by atoms with Crippen LogP contribution >= 0.6 is 0 Å². The highest BCUT2D eigenvalue weighted by atomic mass is 19.4. The van der Waals surface area contributed by atoms with E-state index in [2.05, 4.69) is 15.5 Å². The van der Waals surface area contributed by atoms with E-state index >= 15 is 0 Å². The number of alkyl halides is 3. The molecule has 1 amide bonds. The van der Waals surface area contributed by atoms with Crippen LogP contribution < -0.4 is 5.32 Å². The summed E-state index contributed by atoms with van der Waals surface area (Å²) in [4.78, 5) is 12.2. The molecule has 0 aliphatic rings. The Morgan fingerprint density at radius 2 is 2.00 bits per heavy atom. The Bertz CT molecular complexity index is 1050. The van der Waals surface area contributed by atoms with Crippen molar-refractivity contribution >= 4 is 12.0 Å². The van der Waals surface area contributed by atoms with Crippen molar-refractivity contribution in [1.29, 1.82) is 0 Å². The molecule has 3 aromatic rings. The summed E-state index contributed by atoms with van der Waals surface area (Å²) in [7, 11) is 1.78. The van der Waals surface area contributed by atoms with Crippen LogP contribution in [0.5, 0.6) is 0 Å². The van der Waals surface area contributed by atoms with Crippen molar-refractivity contribution in [3.05, 3.63) is 71.3 Å². The molecule has 6 nitrogen and oxygen atoms in total.